The number of halogens is 1. The Kier molecular flexibility index (Phi) is 3.77. The summed E-state index contributed by atoms with van der Waals surface area (Å²) < 4.78 is 1.98. The van der Waals surface area contributed by atoms with E-state index in [0.29, 0.717) is 17.0 Å². The van der Waals surface area contributed by atoms with Crippen molar-refractivity contribution >= 4 is 45.2 Å². The number of nitrogens with one attached hydrogen (secondary N) is 1. The van der Waals surface area contributed by atoms with Gasteiger partial charge in [-0.15, -0.1) is 0 Å². The van der Waals surface area contributed by atoms with Gasteiger partial charge < -0.3 is 9.88 Å². The Morgan fingerprint density at radius 3 is 2.72 bits per heavy atom. The number of benzene rings is 1. The highest BCUT2D eigenvalue weighted by molar-refractivity contribution is 6.28. The Balaban J connectivity index is 1.90. The summed E-state index contributed by atoms with van der Waals surface area (Å²) in [6.45, 7) is 6.11. The van der Waals surface area contributed by atoms with E-state index in [0.717, 1.165) is 22.3 Å². The maximum Gasteiger partial charge on any atom is 0.226 e. The molecule has 4 aromatic rings. The zero-order valence-electron chi connectivity index (χ0n) is 14.2. The summed E-state index contributed by atoms with van der Waals surface area (Å²) in [5.41, 5.74) is 4.17. The third kappa shape index (κ3) is 2.78. The molecule has 0 radical (unpaired) electrons. The van der Waals surface area contributed by atoms with Crippen molar-refractivity contribution in [1.82, 2.24) is 24.5 Å². The predicted molar refractivity (Wildman–Crippen MR) is 100 cm³/mol. The number of aromatic nitrogens is 5. The molecule has 3 heterocycles. The van der Waals surface area contributed by atoms with Gasteiger partial charge in [0.15, 0.2) is 17.0 Å². The molecule has 0 aliphatic rings. The molecule has 0 unspecified atom stereocenters. The van der Waals surface area contributed by atoms with Crippen LogP contribution in [0.3, 0.4) is 0 Å². The highest BCUT2D eigenvalue weighted by Gasteiger charge is 2.15. The topological polar surface area (TPSA) is 68.5 Å². The van der Waals surface area contributed by atoms with Crippen molar-refractivity contribution < 1.29 is 0 Å². The van der Waals surface area contributed by atoms with Crippen molar-refractivity contribution in [2.45, 2.75) is 26.8 Å². The molecule has 126 valence electrons. The summed E-state index contributed by atoms with van der Waals surface area (Å²) in [5.74, 6) is 0.588. The van der Waals surface area contributed by atoms with E-state index in [-0.39, 0.29) is 11.3 Å². The van der Waals surface area contributed by atoms with Gasteiger partial charge in [-0.25, -0.2) is 4.98 Å². The van der Waals surface area contributed by atoms with Crippen LogP contribution in [0, 0.1) is 6.92 Å². The van der Waals surface area contributed by atoms with Crippen LogP contribution in [-0.2, 0) is 0 Å². The largest absolute Gasteiger partial charge is 0.338 e. The SMILES string of the molecule is Cc1cc(Nc2nc(Cl)nc3c2ncn3C(C)C)c2ccccc2n1. The standard InChI is InChI=1S/C18H17ClN6/c1-10(2)25-9-20-15-16(23-18(19)24-17(15)25)22-14-8-11(3)21-13-7-5-4-6-12(13)14/h4-10H,1-3H3,(H,21,22,23,24). The molecule has 0 saturated heterocycles. The molecule has 0 bridgehead atoms. The minimum absolute atomic E-state index is 0.187. The minimum atomic E-state index is 0.187. The Morgan fingerprint density at radius 1 is 1.12 bits per heavy atom. The van der Waals surface area contributed by atoms with Crippen molar-refractivity contribution in [3.8, 4) is 0 Å². The van der Waals surface area contributed by atoms with Crippen LogP contribution >= 0.6 is 11.6 Å². The van der Waals surface area contributed by atoms with Gasteiger partial charge >= 0.3 is 0 Å². The first kappa shape index (κ1) is 15.8. The summed E-state index contributed by atoms with van der Waals surface area (Å²) >= 11 is 6.16. The summed E-state index contributed by atoms with van der Waals surface area (Å²) in [4.78, 5) is 17.7. The zero-order chi connectivity index (χ0) is 17.6. The van der Waals surface area contributed by atoms with E-state index in [2.05, 4.69) is 39.1 Å². The first-order valence-corrected chi connectivity index (χ1v) is 8.44. The molecule has 1 aromatic carbocycles. The van der Waals surface area contributed by atoms with Crippen LogP contribution in [0.2, 0.25) is 5.28 Å². The lowest BCUT2D eigenvalue weighted by molar-refractivity contribution is 0.612. The summed E-state index contributed by atoms with van der Waals surface area (Å²) in [6.07, 6.45) is 1.77. The summed E-state index contributed by atoms with van der Waals surface area (Å²) in [5, 5.41) is 4.57. The van der Waals surface area contributed by atoms with Crippen molar-refractivity contribution in [1.29, 1.82) is 0 Å². The summed E-state index contributed by atoms with van der Waals surface area (Å²) in [6, 6.07) is 10.2. The quantitative estimate of drug-likeness (QED) is 0.543. The third-order valence-corrected chi connectivity index (χ3v) is 4.22. The second-order valence-electron chi connectivity index (χ2n) is 6.21. The van der Waals surface area contributed by atoms with Crippen molar-refractivity contribution in [3.63, 3.8) is 0 Å². The molecule has 6 nitrogen and oxygen atoms in total. The molecule has 0 amide bonds. The van der Waals surface area contributed by atoms with Crippen LogP contribution in [0.4, 0.5) is 11.5 Å². The minimum Gasteiger partial charge on any atom is -0.338 e. The lowest BCUT2D eigenvalue weighted by atomic mass is 10.1. The van der Waals surface area contributed by atoms with Crippen molar-refractivity contribution in [2.75, 3.05) is 5.32 Å². The lowest BCUT2D eigenvalue weighted by Crippen LogP contribution is -2.03. The fraction of sp³-hybridized carbons (Fsp3) is 0.222. The van der Waals surface area contributed by atoms with Crippen LogP contribution in [0.25, 0.3) is 22.1 Å². The van der Waals surface area contributed by atoms with E-state index in [9.17, 15) is 0 Å². The molecule has 0 aliphatic heterocycles. The van der Waals surface area contributed by atoms with Crippen molar-refractivity contribution in [3.05, 3.63) is 47.6 Å². The first-order chi connectivity index (χ1) is 12.0. The molecule has 7 heteroatoms. The molecule has 0 fully saturated rings. The van der Waals surface area contributed by atoms with E-state index in [4.69, 9.17) is 11.6 Å². The van der Waals surface area contributed by atoms with Gasteiger partial charge in [0.2, 0.25) is 5.28 Å². The fourth-order valence-corrected chi connectivity index (χ4v) is 3.06. The number of hydrogen-bond donors (Lipinski definition) is 1. The van der Waals surface area contributed by atoms with Gasteiger partial charge in [0.1, 0.15) is 0 Å². The maximum atomic E-state index is 6.16. The van der Waals surface area contributed by atoms with E-state index < -0.39 is 0 Å². The molecular formula is C18H17ClN6. The second kappa shape index (κ2) is 5.97. The highest BCUT2D eigenvalue weighted by Crippen LogP contribution is 2.29. The first-order valence-electron chi connectivity index (χ1n) is 8.06. The molecule has 0 spiro atoms. The third-order valence-electron chi connectivity index (χ3n) is 4.05. The smallest absolute Gasteiger partial charge is 0.226 e. The Labute approximate surface area is 149 Å². The number of aryl methyl sites for hydroxylation is 1. The zero-order valence-corrected chi connectivity index (χ0v) is 14.9. The number of fused-ring (bicyclic) bond motifs is 2. The summed E-state index contributed by atoms with van der Waals surface area (Å²) in [7, 11) is 0. The van der Waals surface area contributed by atoms with Crippen LogP contribution < -0.4 is 5.32 Å². The van der Waals surface area contributed by atoms with Gasteiger partial charge in [0.25, 0.3) is 0 Å². The molecule has 3 aromatic heterocycles. The average Bonchev–Trinajstić information content (AvgIpc) is 2.98. The van der Waals surface area contributed by atoms with Gasteiger partial charge in [-0.2, -0.15) is 9.97 Å². The van der Waals surface area contributed by atoms with Crippen molar-refractivity contribution in [2.24, 2.45) is 0 Å². The number of hydrogen-bond acceptors (Lipinski definition) is 5. The van der Waals surface area contributed by atoms with Gasteiger partial charge in [0.05, 0.1) is 17.5 Å². The number of para-hydroxylation sites is 1. The van der Waals surface area contributed by atoms with E-state index >= 15 is 0 Å². The molecule has 0 saturated carbocycles. The van der Waals surface area contributed by atoms with Crippen LogP contribution in [0.5, 0.6) is 0 Å². The molecule has 25 heavy (non-hydrogen) atoms. The fourth-order valence-electron chi connectivity index (χ4n) is 2.89. The Bertz CT molecular complexity index is 1090. The number of nitrogens with zero attached hydrogens (tertiary/aromatic N) is 5. The maximum absolute atomic E-state index is 6.16. The van der Waals surface area contributed by atoms with E-state index in [1.807, 2.05) is 41.8 Å². The van der Waals surface area contributed by atoms with Crippen LogP contribution in [-0.4, -0.2) is 24.5 Å². The second-order valence-corrected chi connectivity index (χ2v) is 6.55. The number of imidazole rings is 1. The average molecular weight is 353 g/mol. The number of anilines is 2. The predicted octanol–water partition coefficient (Wildman–Crippen LogP) is 4.66. The molecule has 4 rings (SSSR count). The van der Waals surface area contributed by atoms with Gasteiger partial charge in [0, 0.05) is 17.1 Å². The Morgan fingerprint density at radius 2 is 1.92 bits per heavy atom. The van der Waals surface area contributed by atoms with Crippen LogP contribution in [0.15, 0.2) is 36.7 Å². The van der Waals surface area contributed by atoms with Crippen LogP contribution in [0.1, 0.15) is 25.6 Å². The Hall–Kier alpha value is -2.73. The van der Waals surface area contributed by atoms with Gasteiger partial charge in [-0.05, 0) is 44.5 Å². The van der Waals surface area contributed by atoms with Gasteiger partial charge in [-0.1, -0.05) is 18.2 Å². The highest BCUT2D eigenvalue weighted by atomic mass is 35.5. The number of rotatable bonds is 3. The van der Waals surface area contributed by atoms with Gasteiger partial charge in [-0.3, -0.25) is 4.98 Å². The lowest BCUT2D eigenvalue weighted by Gasteiger charge is -2.11. The molecule has 1 N–H and O–H groups in total. The normalized spacial score (nSPS) is 11.6. The molecular weight excluding hydrogens is 336 g/mol. The number of pyridine rings is 1. The molecule has 0 atom stereocenters. The monoisotopic (exact) mass is 352 g/mol. The molecule has 0 aliphatic carbocycles. The van der Waals surface area contributed by atoms with E-state index in [1.165, 1.54) is 0 Å². The van der Waals surface area contributed by atoms with E-state index in [1.54, 1.807) is 6.33 Å².